The third-order valence-electron chi connectivity index (χ3n) is 2.32. The van der Waals surface area contributed by atoms with E-state index in [1.165, 1.54) is 0 Å². The normalized spacial score (nSPS) is 18.1. The SMILES string of the molecule is CC(C)(C(=O)Cl)C(=O)N1CCOCC1. The van der Waals surface area contributed by atoms with Crippen molar-refractivity contribution in [2.75, 3.05) is 26.3 Å². The van der Waals surface area contributed by atoms with Crippen LogP contribution in [0.25, 0.3) is 0 Å². The molecule has 0 N–H and O–H groups in total. The van der Waals surface area contributed by atoms with Gasteiger partial charge in [-0.3, -0.25) is 9.59 Å². The molecular formula is C9H14ClNO3. The van der Waals surface area contributed by atoms with E-state index in [-0.39, 0.29) is 5.91 Å². The standard InChI is InChI=1S/C9H14ClNO3/c1-9(2,7(10)12)8(13)11-3-5-14-6-4-11/h3-6H2,1-2H3. The average Bonchev–Trinajstić information content (AvgIpc) is 2.17. The Hall–Kier alpha value is -0.610. The minimum Gasteiger partial charge on any atom is -0.378 e. The molecule has 0 radical (unpaired) electrons. The molecule has 0 saturated carbocycles. The summed E-state index contributed by atoms with van der Waals surface area (Å²) >= 11 is 5.37. The number of hydrogen-bond donors (Lipinski definition) is 0. The Morgan fingerprint density at radius 2 is 1.79 bits per heavy atom. The minimum atomic E-state index is -1.13. The second-order valence-corrected chi connectivity index (χ2v) is 4.15. The maximum atomic E-state index is 11.8. The molecule has 1 aliphatic heterocycles. The number of nitrogens with zero attached hydrogens (tertiary/aromatic N) is 1. The summed E-state index contributed by atoms with van der Waals surface area (Å²) in [5.41, 5.74) is -1.13. The van der Waals surface area contributed by atoms with Gasteiger partial charge in [-0.2, -0.15) is 0 Å². The number of morpholine rings is 1. The van der Waals surface area contributed by atoms with E-state index in [9.17, 15) is 9.59 Å². The second kappa shape index (κ2) is 4.28. The van der Waals surface area contributed by atoms with Crippen LogP contribution in [0.2, 0.25) is 0 Å². The molecule has 0 unspecified atom stereocenters. The van der Waals surface area contributed by atoms with Crippen LogP contribution in [0.3, 0.4) is 0 Å². The zero-order valence-corrected chi connectivity index (χ0v) is 9.13. The van der Waals surface area contributed by atoms with Crippen LogP contribution in [0.1, 0.15) is 13.8 Å². The first-order valence-electron chi connectivity index (χ1n) is 4.53. The van der Waals surface area contributed by atoms with Crippen molar-refractivity contribution in [1.29, 1.82) is 0 Å². The van der Waals surface area contributed by atoms with Gasteiger partial charge in [0, 0.05) is 13.1 Å². The summed E-state index contributed by atoms with van der Waals surface area (Å²) in [6.07, 6.45) is 0. The molecule has 0 atom stereocenters. The highest BCUT2D eigenvalue weighted by Gasteiger charge is 2.38. The average molecular weight is 220 g/mol. The molecule has 1 amide bonds. The second-order valence-electron chi connectivity index (χ2n) is 3.80. The van der Waals surface area contributed by atoms with Crippen molar-refractivity contribution in [2.45, 2.75) is 13.8 Å². The Labute approximate surface area is 88.2 Å². The molecule has 0 spiro atoms. The smallest absolute Gasteiger partial charge is 0.237 e. The number of hydrogen-bond acceptors (Lipinski definition) is 3. The van der Waals surface area contributed by atoms with Gasteiger partial charge in [0.25, 0.3) is 0 Å². The molecule has 0 aromatic heterocycles. The predicted octanol–water partition coefficient (Wildman–Crippen LogP) is 0.637. The molecule has 4 nitrogen and oxygen atoms in total. The van der Waals surface area contributed by atoms with Crippen LogP contribution in [0.4, 0.5) is 0 Å². The van der Waals surface area contributed by atoms with Crippen LogP contribution in [0.5, 0.6) is 0 Å². The van der Waals surface area contributed by atoms with Crippen LogP contribution in [-0.4, -0.2) is 42.4 Å². The zero-order valence-electron chi connectivity index (χ0n) is 8.38. The summed E-state index contributed by atoms with van der Waals surface area (Å²) in [6, 6.07) is 0. The number of rotatable bonds is 2. The maximum absolute atomic E-state index is 11.8. The molecule has 1 saturated heterocycles. The Morgan fingerprint density at radius 3 is 2.21 bits per heavy atom. The van der Waals surface area contributed by atoms with E-state index in [2.05, 4.69) is 0 Å². The summed E-state index contributed by atoms with van der Waals surface area (Å²) in [4.78, 5) is 24.5. The Balaban J connectivity index is 2.67. The third-order valence-corrected chi connectivity index (χ3v) is 2.80. The van der Waals surface area contributed by atoms with Crippen LogP contribution in [-0.2, 0) is 14.3 Å². The monoisotopic (exact) mass is 219 g/mol. The van der Waals surface area contributed by atoms with Gasteiger partial charge in [0.1, 0.15) is 5.41 Å². The highest BCUT2D eigenvalue weighted by atomic mass is 35.5. The molecule has 0 aromatic rings. The molecular weight excluding hydrogens is 206 g/mol. The van der Waals surface area contributed by atoms with Crippen LogP contribution in [0, 0.1) is 5.41 Å². The molecule has 0 aliphatic carbocycles. The lowest BCUT2D eigenvalue weighted by Crippen LogP contribution is -2.48. The molecule has 14 heavy (non-hydrogen) atoms. The van der Waals surface area contributed by atoms with Crippen LogP contribution in [0.15, 0.2) is 0 Å². The van der Waals surface area contributed by atoms with Gasteiger partial charge in [0.15, 0.2) is 0 Å². The highest BCUT2D eigenvalue weighted by Crippen LogP contribution is 2.22. The minimum absolute atomic E-state index is 0.221. The summed E-state index contributed by atoms with van der Waals surface area (Å²) in [6.45, 7) is 5.20. The fraction of sp³-hybridized carbons (Fsp3) is 0.778. The van der Waals surface area contributed by atoms with Gasteiger partial charge in [0.05, 0.1) is 13.2 Å². The molecule has 5 heteroatoms. The van der Waals surface area contributed by atoms with Crippen molar-refractivity contribution in [1.82, 2.24) is 4.90 Å². The topological polar surface area (TPSA) is 46.6 Å². The van der Waals surface area contributed by atoms with E-state index in [0.29, 0.717) is 26.3 Å². The Bertz CT molecular complexity index is 246. The van der Waals surface area contributed by atoms with Crippen molar-refractivity contribution >= 4 is 22.8 Å². The van der Waals surface area contributed by atoms with Crippen molar-refractivity contribution < 1.29 is 14.3 Å². The quantitative estimate of drug-likeness (QED) is 0.506. The fourth-order valence-electron chi connectivity index (χ4n) is 1.25. The van der Waals surface area contributed by atoms with Gasteiger partial charge in [-0.25, -0.2) is 0 Å². The van der Waals surface area contributed by atoms with Gasteiger partial charge < -0.3 is 9.64 Å². The van der Waals surface area contributed by atoms with Crippen LogP contribution < -0.4 is 0 Å². The zero-order chi connectivity index (χ0) is 10.8. The van der Waals surface area contributed by atoms with E-state index in [1.807, 2.05) is 0 Å². The van der Waals surface area contributed by atoms with E-state index in [4.69, 9.17) is 16.3 Å². The van der Waals surface area contributed by atoms with E-state index in [1.54, 1.807) is 18.7 Å². The number of carbonyl (C=O) groups excluding carboxylic acids is 2. The number of amides is 1. The molecule has 0 bridgehead atoms. The lowest BCUT2D eigenvalue weighted by molar-refractivity contribution is -0.148. The number of halogens is 1. The van der Waals surface area contributed by atoms with Crippen molar-refractivity contribution in [3.8, 4) is 0 Å². The molecule has 1 heterocycles. The number of ether oxygens (including phenoxy) is 1. The Morgan fingerprint density at radius 1 is 1.29 bits per heavy atom. The lowest BCUT2D eigenvalue weighted by Gasteiger charge is -2.32. The fourth-order valence-corrected chi connectivity index (χ4v) is 1.33. The van der Waals surface area contributed by atoms with E-state index in [0.717, 1.165) is 0 Å². The Kier molecular flexibility index (Phi) is 3.50. The molecule has 0 aromatic carbocycles. The first-order chi connectivity index (χ1) is 6.46. The van der Waals surface area contributed by atoms with E-state index < -0.39 is 10.7 Å². The van der Waals surface area contributed by atoms with Crippen molar-refractivity contribution in [3.05, 3.63) is 0 Å². The first-order valence-corrected chi connectivity index (χ1v) is 4.91. The maximum Gasteiger partial charge on any atom is 0.237 e. The van der Waals surface area contributed by atoms with Crippen molar-refractivity contribution in [2.24, 2.45) is 5.41 Å². The number of carbonyl (C=O) groups is 2. The molecule has 1 aliphatic rings. The van der Waals surface area contributed by atoms with E-state index >= 15 is 0 Å². The van der Waals surface area contributed by atoms with Crippen molar-refractivity contribution in [3.63, 3.8) is 0 Å². The largest absolute Gasteiger partial charge is 0.378 e. The predicted molar refractivity (Wildman–Crippen MR) is 52.0 cm³/mol. The van der Waals surface area contributed by atoms with Gasteiger partial charge in [0.2, 0.25) is 11.1 Å². The molecule has 80 valence electrons. The van der Waals surface area contributed by atoms with Gasteiger partial charge in [-0.15, -0.1) is 0 Å². The third kappa shape index (κ3) is 2.25. The lowest BCUT2D eigenvalue weighted by atomic mass is 9.93. The summed E-state index contributed by atoms with van der Waals surface area (Å²) in [5, 5.41) is -0.617. The summed E-state index contributed by atoms with van der Waals surface area (Å²) < 4.78 is 5.11. The van der Waals surface area contributed by atoms with Crippen LogP contribution >= 0.6 is 11.6 Å². The van der Waals surface area contributed by atoms with Gasteiger partial charge in [-0.05, 0) is 25.4 Å². The van der Waals surface area contributed by atoms with Gasteiger partial charge >= 0.3 is 0 Å². The van der Waals surface area contributed by atoms with Gasteiger partial charge in [-0.1, -0.05) is 0 Å². The first kappa shape index (κ1) is 11.5. The molecule has 1 fully saturated rings. The molecule has 1 rings (SSSR count). The summed E-state index contributed by atoms with van der Waals surface area (Å²) in [5.74, 6) is -0.221. The summed E-state index contributed by atoms with van der Waals surface area (Å²) in [7, 11) is 0. The highest BCUT2D eigenvalue weighted by molar-refractivity contribution is 6.66.